The predicted octanol–water partition coefficient (Wildman–Crippen LogP) is 4.88. The van der Waals surface area contributed by atoms with E-state index in [1.54, 1.807) is 13.1 Å². The van der Waals surface area contributed by atoms with Gasteiger partial charge >= 0.3 is 6.18 Å². The molecule has 4 rings (SSSR count). The molecule has 0 bridgehead atoms. The van der Waals surface area contributed by atoms with Crippen LogP contribution >= 0.6 is 23.5 Å². The van der Waals surface area contributed by atoms with Crippen LogP contribution in [0.5, 0.6) is 0 Å². The van der Waals surface area contributed by atoms with Crippen molar-refractivity contribution in [3.05, 3.63) is 74.8 Å². The summed E-state index contributed by atoms with van der Waals surface area (Å²) < 4.78 is 40.6. The quantitative estimate of drug-likeness (QED) is 0.504. The molecule has 0 fully saturated rings. The molecule has 7 nitrogen and oxygen atoms in total. The number of fused-ring (bicyclic) bond motifs is 1. The molecule has 1 aromatic carbocycles. The smallest absolute Gasteiger partial charge is 0.266 e. The van der Waals surface area contributed by atoms with E-state index in [0.717, 1.165) is 35.2 Å². The molecule has 1 aliphatic rings. The first-order valence-electron chi connectivity index (χ1n) is 9.88. The number of alkyl halides is 3. The van der Waals surface area contributed by atoms with Gasteiger partial charge in [-0.15, -0.1) is 0 Å². The minimum Gasteiger partial charge on any atom is -0.266 e. The highest BCUT2D eigenvalue weighted by Crippen LogP contribution is 2.37. The maximum atomic E-state index is 13.2. The highest BCUT2D eigenvalue weighted by Gasteiger charge is 2.31. The van der Waals surface area contributed by atoms with E-state index in [2.05, 4.69) is 15.2 Å². The van der Waals surface area contributed by atoms with Crippen molar-refractivity contribution in [1.82, 2.24) is 14.8 Å². The van der Waals surface area contributed by atoms with E-state index >= 15 is 0 Å². The highest BCUT2D eigenvalue weighted by atomic mass is 32.2. The number of nitriles is 1. The largest absolute Gasteiger partial charge is 0.416 e. The Hall–Kier alpha value is -3.30. The molecule has 0 N–H and O–H groups in total. The fourth-order valence-electron chi connectivity index (χ4n) is 3.31. The summed E-state index contributed by atoms with van der Waals surface area (Å²) in [6.45, 7) is 3.74. The lowest BCUT2D eigenvalue weighted by molar-refractivity contribution is -0.137. The Balaban J connectivity index is 1.60. The molecule has 0 atom stereocenters. The summed E-state index contributed by atoms with van der Waals surface area (Å²) in [6.07, 6.45) is -2.98. The Labute approximate surface area is 201 Å². The van der Waals surface area contributed by atoms with Crippen LogP contribution in [0, 0.1) is 25.2 Å². The van der Waals surface area contributed by atoms with Gasteiger partial charge in [0.15, 0.2) is 10.2 Å². The zero-order chi connectivity index (χ0) is 24.6. The monoisotopic (exact) mass is 502 g/mol. The van der Waals surface area contributed by atoms with Gasteiger partial charge < -0.3 is 0 Å². The lowest BCUT2D eigenvalue weighted by atomic mass is 10.1. The first-order chi connectivity index (χ1) is 16.1. The van der Waals surface area contributed by atoms with Gasteiger partial charge in [-0.3, -0.25) is 9.80 Å². The number of pyridine rings is 1. The molecule has 0 unspecified atom stereocenters. The van der Waals surface area contributed by atoms with E-state index < -0.39 is 11.7 Å². The van der Waals surface area contributed by atoms with Crippen molar-refractivity contribution >= 4 is 33.6 Å². The SMILES string of the molecule is Cc1cc(C)nc(-n2ncc3c(c2=O)SC(SCc2ccc(C(F)(F)F)cc2C#N)=NN3C)c1. The fraction of sp³-hybridized carbons (Fsp3) is 0.227. The fourth-order valence-corrected chi connectivity index (χ4v) is 5.49. The van der Waals surface area contributed by atoms with Gasteiger partial charge in [0.1, 0.15) is 4.90 Å². The lowest BCUT2D eigenvalue weighted by Crippen LogP contribution is -2.29. The molecule has 0 amide bonds. The maximum Gasteiger partial charge on any atom is 0.416 e. The Morgan fingerprint density at radius 3 is 2.65 bits per heavy atom. The zero-order valence-corrected chi connectivity index (χ0v) is 19.8. The van der Waals surface area contributed by atoms with Gasteiger partial charge in [0, 0.05) is 18.5 Å². The molecule has 174 valence electrons. The van der Waals surface area contributed by atoms with Crippen molar-refractivity contribution in [3.8, 4) is 11.9 Å². The molecule has 0 spiro atoms. The van der Waals surface area contributed by atoms with Crippen LogP contribution in [0.15, 0.2) is 51.3 Å². The molecule has 0 saturated heterocycles. The van der Waals surface area contributed by atoms with Crippen LogP contribution in [0.3, 0.4) is 0 Å². The summed E-state index contributed by atoms with van der Waals surface area (Å²) in [7, 11) is 1.68. The van der Waals surface area contributed by atoms with E-state index in [-0.39, 0.29) is 16.9 Å². The zero-order valence-electron chi connectivity index (χ0n) is 18.2. The van der Waals surface area contributed by atoms with Gasteiger partial charge in [-0.05, 0) is 49.2 Å². The molecular weight excluding hydrogens is 485 g/mol. The van der Waals surface area contributed by atoms with Crippen LogP contribution in [-0.2, 0) is 11.9 Å². The third-order valence-corrected chi connectivity index (χ3v) is 7.13. The minimum atomic E-state index is -4.52. The normalized spacial score (nSPS) is 13.3. The molecule has 2 aromatic heterocycles. The van der Waals surface area contributed by atoms with Gasteiger partial charge in [-0.2, -0.15) is 33.3 Å². The summed E-state index contributed by atoms with van der Waals surface area (Å²) in [5, 5.41) is 19.5. The number of hydrazone groups is 1. The number of rotatable bonds is 3. The first-order valence-corrected chi connectivity index (χ1v) is 11.7. The average Bonchev–Trinajstić information content (AvgIpc) is 2.77. The summed E-state index contributed by atoms with van der Waals surface area (Å²) in [5.74, 6) is 0.627. The molecule has 34 heavy (non-hydrogen) atoms. The van der Waals surface area contributed by atoms with E-state index in [4.69, 9.17) is 0 Å². The Bertz CT molecular complexity index is 1390. The van der Waals surface area contributed by atoms with Crippen LogP contribution in [0.2, 0.25) is 0 Å². The van der Waals surface area contributed by atoms with Crippen LogP contribution in [0.4, 0.5) is 18.9 Å². The number of anilines is 1. The van der Waals surface area contributed by atoms with Crippen molar-refractivity contribution in [2.75, 3.05) is 12.1 Å². The van der Waals surface area contributed by atoms with E-state index in [0.29, 0.717) is 26.3 Å². The van der Waals surface area contributed by atoms with Gasteiger partial charge in [0.25, 0.3) is 5.56 Å². The molecule has 1 aliphatic heterocycles. The molecule has 3 aromatic rings. The second-order valence-electron chi connectivity index (χ2n) is 7.48. The molecule has 3 heterocycles. The number of hydrogen-bond acceptors (Lipinski definition) is 8. The van der Waals surface area contributed by atoms with Crippen LogP contribution < -0.4 is 10.6 Å². The molecule has 0 radical (unpaired) electrons. The number of nitrogens with zero attached hydrogens (tertiary/aromatic N) is 6. The Morgan fingerprint density at radius 1 is 1.21 bits per heavy atom. The molecule has 0 saturated carbocycles. The molecular formula is C22H17F3N6OS2. The van der Waals surface area contributed by atoms with E-state index in [1.165, 1.54) is 33.7 Å². The average molecular weight is 503 g/mol. The van der Waals surface area contributed by atoms with Crippen molar-refractivity contribution in [3.63, 3.8) is 0 Å². The van der Waals surface area contributed by atoms with E-state index in [9.17, 15) is 23.2 Å². The van der Waals surface area contributed by atoms with Gasteiger partial charge in [0.2, 0.25) is 0 Å². The second-order valence-corrected chi connectivity index (χ2v) is 9.70. The second kappa shape index (κ2) is 9.15. The molecule has 12 heteroatoms. The number of thioether (sulfide) groups is 2. The lowest BCUT2D eigenvalue weighted by Gasteiger charge is -2.23. The third-order valence-electron chi connectivity index (χ3n) is 4.89. The number of hydrogen-bond donors (Lipinski definition) is 0. The Kier molecular flexibility index (Phi) is 6.42. The van der Waals surface area contributed by atoms with Gasteiger partial charge in [0.05, 0.1) is 29.1 Å². The van der Waals surface area contributed by atoms with Crippen molar-refractivity contribution in [2.45, 2.75) is 30.7 Å². The topological polar surface area (TPSA) is 87.2 Å². The van der Waals surface area contributed by atoms with Crippen LogP contribution in [0.25, 0.3) is 5.82 Å². The highest BCUT2D eigenvalue weighted by molar-refractivity contribution is 8.38. The molecule has 0 aliphatic carbocycles. The standard InChI is InChI=1S/C22H17F3N6OS2/c1-12-6-13(2)28-18(7-12)31-20(32)19-17(10-27-31)30(3)29-21(34-19)33-11-14-4-5-16(22(23,24)25)8-15(14)9-26/h4-8,10H,11H2,1-3H3. The predicted molar refractivity (Wildman–Crippen MR) is 126 cm³/mol. The minimum absolute atomic E-state index is 0.0510. The summed E-state index contributed by atoms with van der Waals surface area (Å²) >= 11 is 2.38. The van der Waals surface area contributed by atoms with E-state index in [1.807, 2.05) is 26.0 Å². The van der Waals surface area contributed by atoms with Gasteiger partial charge in [-0.1, -0.05) is 29.6 Å². The summed E-state index contributed by atoms with van der Waals surface area (Å²) in [5.41, 5.74) is 1.41. The summed E-state index contributed by atoms with van der Waals surface area (Å²) in [4.78, 5) is 18.0. The Morgan fingerprint density at radius 2 is 1.97 bits per heavy atom. The summed E-state index contributed by atoms with van der Waals surface area (Å²) in [6, 6.07) is 8.58. The number of benzene rings is 1. The van der Waals surface area contributed by atoms with Crippen molar-refractivity contribution < 1.29 is 13.2 Å². The van der Waals surface area contributed by atoms with Gasteiger partial charge in [-0.25, -0.2) is 4.98 Å². The third kappa shape index (κ3) is 4.80. The van der Waals surface area contributed by atoms with Crippen molar-refractivity contribution in [1.29, 1.82) is 5.26 Å². The first kappa shape index (κ1) is 23.8. The van der Waals surface area contributed by atoms with Crippen LogP contribution in [-0.4, -0.2) is 26.2 Å². The number of aryl methyl sites for hydroxylation is 2. The van der Waals surface area contributed by atoms with Crippen LogP contribution in [0.1, 0.15) is 27.9 Å². The number of aromatic nitrogens is 3. The number of halogens is 3. The maximum absolute atomic E-state index is 13.2. The van der Waals surface area contributed by atoms with Crippen molar-refractivity contribution in [2.24, 2.45) is 5.10 Å².